The van der Waals surface area contributed by atoms with E-state index in [0.717, 1.165) is 28.7 Å². The Morgan fingerprint density at radius 2 is 1.83 bits per heavy atom. The number of rotatable bonds is 4. The normalized spacial score (nSPS) is 10.6. The molecule has 0 aliphatic rings. The van der Waals surface area contributed by atoms with Crippen molar-refractivity contribution in [2.75, 3.05) is 6.54 Å². The number of halogens is 2. The Labute approximate surface area is 115 Å². The van der Waals surface area contributed by atoms with Gasteiger partial charge in [-0.3, -0.25) is 0 Å². The third kappa shape index (κ3) is 3.18. The minimum absolute atomic E-state index is 0.183. The predicted octanol–water partition coefficient (Wildman–Crippen LogP) is 4.36. The van der Waals surface area contributed by atoms with Crippen molar-refractivity contribution in [1.29, 1.82) is 0 Å². The van der Waals surface area contributed by atoms with Crippen LogP contribution in [0.2, 0.25) is 0 Å². The molecule has 0 radical (unpaired) electrons. The summed E-state index contributed by atoms with van der Waals surface area (Å²) >= 11 is 3.38. The second kappa shape index (κ2) is 6.12. The van der Waals surface area contributed by atoms with E-state index in [2.05, 4.69) is 28.2 Å². The summed E-state index contributed by atoms with van der Waals surface area (Å²) < 4.78 is 14.8. The Balaban J connectivity index is 2.33. The van der Waals surface area contributed by atoms with Crippen molar-refractivity contribution in [2.24, 2.45) is 0 Å². The fraction of sp³-hybridized carbons (Fsp3) is 0.200. The van der Waals surface area contributed by atoms with E-state index < -0.39 is 0 Å². The number of hydrogen-bond acceptors (Lipinski definition) is 1. The molecule has 0 saturated carbocycles. The third-order valence-corrected chi connectivity index (χ3v) is 3.29. The number of benzene rings is 2. The topological polar surface area (TPSA) is 12.0 Å². The molecule has 0 amide bonds. The van der Waals surface area contributed by atoms with Gasteiger partial charge in [-0.05, 0) is 41.9 Å². The molecule has 2 rings (SSSR count). The Kier molecular flexibility index (Phi) is 4.50. The molecule has 1 N–H and O–H groups in total. The van der Waals surface area contributed by atoms with Gasteiger partial charge in [0, 0.05) is 16.6 Å². The Bertz CT molecular complexity index is 523. The van der Waals surface area contributed by atoms with Gasteiger partial charge in [-0.15, -0.1) is 0 Å². The number of hydrogen-bond donors (Lipinski definition) is 1. The molecule has 0 saturated heterocycles. The van der Waals surface area contributed by atoms with Gasteiger partial charge in [-0.2, -0.15) is 0 Å². The smallest absolute Gasteiger partial charge is 0.131 e. The first-order valence-corrected chi connectivity index (χ1v) is 6.75. The Hall–Kier alpha value is -1.19. The van der Waals surface area contributed by atoms with E-state index in [1.165, 1.54) is 6.07 Å². The molecule has 0 spiro atoms. The summed E-state index contributed by atoms with van der Waals surface area (Å²) in [5.74, 6) is -0.183. The molecule has 0 aliphatic carbocycles. The molecular weight excluding hydrogens is 293 g/mol. The highest BCUT2D eigenvalue weighted by Gasteiger charge is 2.06. The molecule has 0 aliphatic heterocycles. The SMILES string of the molecule is CCNCc1ccc(F)c(-c2ccc(Br)cc2)c1. The third-order valence-electron chi connectivity index (χ3n) is 2.77. The summed E-state index contributed by atoms with van der Waals surface area (Å²) in [5.41, 5.74) is 2.64. The molecule has 0 unspecified atom stereocenters. The van der Waals surface area contributed by atoms with Crippen LogP contribution in [0.15, 0.2) is 46.9 Å². The number of nitrogens with one attached hydrogen (secondary N) is 1. The minimum Gasteiger partial charge on any atom is -0.313 e. The first-order valence-electron chi connectivity index (χ1n) is 5.96. The van der Waals surface area contributed by atoms with E-state index in [-0.39, 0.29) is 5.82 Å². The molecule has 0 aromatic heterocycles. The van der Waals surface area contributed by atoms with Gasteiger partial charge in [-0.25, -0.2) is 4.39 Å². The molecule has 2 aromatic rings. The second-order valence-corrected chi connectivity index (χ2v) is 5.02. The predicted molar refractivity (Wildman–Crippen MR) is 76.9 cm³/mol. The van der Waals surface area contributed by atoms with E-state index >= 15 is 0 Å². The Morgan fingerprint density at radius 3 is 2.50 bits per heavy atom. The molecule has 2 aromatic carbocycles. The largest absolute Gasteiger partial charge is 0.313 e. The van der Waals surface area contributed by atoms with Crippen molar-refractivity contribution in [3.05, 3.63) is 58.3 Å². The van der Waals surface area contributed by atoms with Gasteiger partial charge in [0.25, 0.3) is 0 Å². The van der Waals surface area contributed by atoms with Crippen molar-refractivity contribution in [2.45, 2.75) is 13.5 Å². The summed E-state index contributed by atoms with van der Waals surface area (Å²) in [6.07, 6.45) is 0. The van der Waals surface area contributed by atoms with Crippen LogP contribution in [-0.2, 0) is 6.54 Å². The van der Waals surface area contributed by atoms with Crippen LogP contribution < -0.4 is 5.32 Å². The van der Waals surface area contributed by atoms with Crippen LogP contribution in [-0.4, -0.2) is 6.54 Å². The first kappa shape index (κ1) is 13.2. The zero-order valence-corrected chi connectivity index (χ0v) is 11.8. The first-order chi connectivity index (χ1) is 8.70. The van der Waals surface area contributed by atoms with Gasteiger partial charge < -0.3 is 5.32 Å². The highest BCUT2D eigenvalue weighted by Crippen LogP contribution is 2.25. The molecule has 0 heterocycles. The average molecular weight is 308 g/mol. The van der Waals surface area contributed by atoms with Crippen LogP contribution in [0.4, 0.5) is 4.39 Å². The van der Waals surface area contributed by atoms with Gasteiger partial charge in [0.1, 0.15) is 5.82 Å². The summed E-state index contributed by atoms with van der Waals surface area (Å²) in [4.78, 5) is 0. The maximum absolute atomic E-state index is 13.8. The van der Waals surface area contributed by atoms with Crippen molar-refractivity contribution < 1.29 is 4.39 Å². The highest BCUT2D eigenvalue weighted by atomic mass is 79.9. The fourth-order valence-electron chi connectivity index (χ4n) is 1.80. The summed E-state index contributed by atoms with van der Waals surface area (Å²) in [6, 6.07) is 12.9. The van der Waals surface area contributed by atoms with E-state index in [1.807, 2.05) is 36.4 Å². The van der Waals surface area contributed by atoms with E-state index in [9.17, 15) is 4.39 Å². The van der Waals surface area contributed by atoms with Gasteiger partial charge >= 0.3 is 0 Å². The molecule has 3 heteroatoms. The summed E-state index contributed by atoms with van der Waals surface area (Å²) in [5, 5.41) is 3.24. The van der Waals surface area contributed by atoms with Gasteiger partial charge in [-0.1, -0.05) is 41.1 Å². The molecule has 94 valence electrons. The minimum atomic E-state index is -0.183. The monoisotopic (exact) mass is 307 g/mol. The average Bonchev–Trinajstić information content (AvgIpc) is 2.39. The van der Waals surface area contributed by atoms with Crippen molar-refractivity contribution >= 4 is 15.9 Å². The van der Waals surface area contributed by atoms with Gasteiger partial charge in [0.15, 0.2) is 0 Å². The van der Waals surface area contributed by atoms with Gasteiger partial charge in [0.2, 0.25) is 0 Å². The van der Waals surface area contributed by atoms with Crippen LogP contribution in [0.3, 0.4) is 0 Å². The summed E-state index contributed by atoms with van der Waals surface area (Å²) in [7, 11) is 0. The molecule has 18 heavy (non-hydrogen) atoms. The zero-order valence-electron chi connectivity index (χ0n) is 10.2. The molecule has 0 fully saturated rings. The molecule has 0 atom stereocenters. The van der Waals surface area contributed by atoms with Crippen LogP contribution >= 0.6 is 15.9 Å². The zero-order chi connectivity index (χ0) is 13.0. The lowest BCUT2D eigenvalue weighted by atomic mass is 10.0. The second-order valence-electron chi connectivity index (χ2n) is 4.10. The van der Waals surface area contributed by atoms with E-state index in [0.29, 0.717) is 5.56 Å². The molecule has 1 nitrogen and oxygen atoms in total. The lowest BCUT2D eigenvalue weighted by Crippen LogP contribution is -2.11. The van der Waals surface area contributed by atoms with Crippen LogP contribution in [0.5, 0.6) is 0 Å². The quantitative estimate of drug-likeness (QED) is 0.884. The van der Waals surface area contributed by atoms with Crippen molar-refractivity contribution in [1.82, 2.24) is 5.32 Å². The van der Waals surface area contributed by atoms with Crippen LogP contribution in [0, 0.1) is 5.82 Å². The van der Waals surface area contributed by atoms with E-state index in [4.69, 9.17) is 0 Å². The maximum atomic E-state index is 13.8. The highest BCUT2D eigenvalue weighted by molar-refractivity contribution is 9.10. The maximum Gasteiger partial charge on any atom is 0.131 e. The van der Waals surface area contributed by atoms with Crippen molar-refractivity contribution in [3.8, 4) is 11.1 Å². The van der Waals surface area contributed by atoms with Crippen LogP contribution in [0.1, 0.15) is 12.5 Å². The van der Waals surface area contributed by atoms with Crippen LogP contribution in [0.25, 0.3) is 11.1 Å². The standard InChI is InChI=1S/C15H15BrFN/c1-2-18-10-11-3-8-15(17)14(9-11)12-4-6-13(16)7-5-12/h3-9,18H,2,10H2,1H3. The Morgan fingerprint density at radius 1 is 1.11 bits per heavy atom. The molecular formula is C15H15BrFN. The van der Waals surface area contributed by atoms with E-state index in [1.54, 1.807) is 0 Å². The fourth-order valence-corrected chi connectivity index (χ4v) is 2.07. The lowest BCUT2D eigenvalue weighted by molar-refractivity contribution is 0.629. The summed E-state index contributed by atoms with van der Waals surface area (Å²) in [6.45, 7) is 3.73. The lowest BCUT2D eigenvalue weighted by Gasteiger charge is -2.08. The molecule has 0 bridgehead atoms. The van der Waals surface area contributed by atoms with Crippen molar-refractivity contribution in [3.63, 3.8) is 0 Å². The van der Waals surface area contributed by atoms with Gasteiger partial charge in [0.05, 0.1) is 0 Å².